The van der Waals surface area contributed by atoms with Crippen LogP contribution in [0.25, 0.3) is 17.3 Å². The predicted octanol–water partition coefficient (Wildman–Crippen LogP) is 9.41. The first-order valence-corrected chi connectivity index (χ1v) is 17.7. The molecule has 0 spiro atoms. The van der Waals surface area contributed by atoms with Gasteiger partial charge in [-0.2, -0.15) is 0 Å². The maximum Gasteiger partial charge on any atom is 0.272 e. The van der Waals surface area contributed by atoms with E-state index in [1.54, 1.807) is 54.6 Å². The van der Waals surface area contributed by atoms with Crippen molar-refractivity contribution in [3.8, 4) is 11.3 Å². The monoisotopic (exact) mass is 706 g/mol. The minimum Gasteiger partial charge on any atom is -0.321 e. The van der Waals surface area contributed by atoms with Gasteiger partial charge >= 0.3 is 0 Å². The summed E-state index contributed by atoms with van der Waals surface area (Å²) in [6, 6.07) is 36.6. The molecule has 48 heavy (non-hydrogen) atoms. The molecule has 0 bridgehead atoms. The molecule has 0 radical (unpaired) electrons. The van der Waals surface area contributed by atoms with Gasteiger partial charge in [0.15, 0.2) is 5.13 Å². The number of thiophene rings is 1. The molecule has 2 aromatic heterocycles. The number of carbonyl (C=O) groups is 3. The summed E-state index contributed by atoms with van der Waals surface area (Å²) in [4.78, 5) is 46.1. The maximum atomic E-state index is 13.6. The molecule has 1 atom stereocenters. The fourth-order valence-corrected chi connectivity index (χ4v) is 7.10. The predicted molar refractivity (Wildman–Crippen MR) is 198 cm³/mol. The van der Waals surface area contributed by atoms with Crippen LogP contribution in [0.3, 0.4) is 0 Å². The lowest BCUT2D eigenvalue weighted by Crippen LogP contribution is -2.30. The summed E-state index contributed by atoms with van der Waals surface area (Å²) in [5.74, 6) is -1.06. The largest absolute Gasteiger partial charge is 0.321 e. The molecule has 0 saturated carbocycles. The van der Waals surface area contributed by atoms with Crippen molar-refractivity contribution < 1.29 is 14.4 Å². The van der Waals surface area contributed by atoms with Crippen molar-refractivity contribution in [3.05, 3.63) is 159 Å². The number of nitrogens with zero attached hydrogens (tertiary/aromatic N) is 1. The fraction of sp³-hybridized carbons (Fsp3) is 0.0270. The van der Waals surface area contributed by atoms with E-state index >= 15 is 0 Å². The zero-order chi connectivity index (χ0) is 33.3. The van der Waals surface area contributed by atoms with Crippen molar-refractivity contribution in [2.24, 2.45) is 0 Å². The molecule has 0 saturated heterocycles. The highest BCUT2D eigenvalue weighted by atomic mass is 35.5. The molecule has 2 heterocycles. The highest BCUT2D eigenvalue weighted by molar-refractivity contribution is 8.00. The average molecular weight is 707 g/mol. The Kier molecular flexibility index (Phi) is 10.8. The van der Waals surface area contributed by atoms with Crippen LogP contribution in [0.15, 0.2) is 143 Å². The summed E-state index contributed by atoms with van der Waals surface area (Å²) in [7, 11) is 0. The Hall–Kier alpha value is -5.00. The molecule has 7 nitrogen and oxygen atoms in total. The first kappa shape index (κ1) is 32.9. The van der Waals surface area contributed by atoms with Gasteiger partial charge in [0.25, 0.3) is 11.8 Å². The lowest BCUT2D eigenvalue weighted by molar-refractivity contribution is -0.116. The fourth-order valence-electron chi connectivity index (χ4n) is 4.57. The molecule has 3 amide bonds. The van der Waals surface area contributed by atoms with E-state index in [1.807, 2.05) is 83.6 Å². The minimum absolute atomic E-state index is 0.118. The molecule has 11 heteroatoms. The van der Waals surface area contributed by atoms with Gasteiger partial charge in [0.2, 0.25) is 5.91 Å². The van der Waals surface area contributed by atoms with Gasteiger partial charge in [-0.05, 0) is 71.6 Å². The van der Waals surface area contributed by atoms with Gasteiger partial charge in [0, 0.05) is 37.0 Å². The van der Waals surface area contributed by atoms with Crippen molar-refractivity contribution in [1.29, 1.82) is 0 Å². The second-order valence-corrected chi connectivity index (χ2v) is 13.8. The third-order valence-electron chi connectivity index (χ3n) is 6.94. The van der Waals surface area contributed by atoms with Gasteiger partial charge < -0.3 is 16.0 Å². The first-order valence-electron chi connectivity index (χ1n) is 14.7. The number of hydrogen-bond acceptors (Lipinski definition) is 7. The van der Waals surface area contributed by atoms with Crippen LogP contribution in [0.2, 0.25) is 5.02 Å². The van der Waals surface area contributed by atoms with Crippen molar-refractivity contribution in [3.63, 3.8) is 0 Å². The highest BCUT2D eigenvalue weighted by Gasteiger charge is 2.23. The minimum atomic E-state index is -0.567. The number of nitrogens with one attached hydrogen (secondary N) is 3. The number of benzene rings is 4. The molecule has 6 rings (SSSR count). The zero-order valence-electron chi connectivity index (χ0n) is 25.1. The van der Waals surface area contributed by atoms with E-state index < -0.39 is 11.2 Å². The number of thiazole rings is 1. The Bertz CT molecular complexity index is 2030. The number of anilines is 2. The number of hydrogen-bond donors (Lipinski definition) is 3. The molecule has 0 aliphatic carbocycles. The van der Waals surface area contributed by atoms with Crippen molar-refractivity contribution >= 4 is 80.7 Å². The van der Waals surface area contributed by atoms with Crippen LogP contribution in [-0.2, 0) is 9.59 Å². The summed E-state index contributed by atoms with van der Waals surface area (Å²) >= 11 is 10.2. The van der Waals surface area contributed by atoms with Crippen LogP contribution < -0.4 is 16.0 Å². The van der Waals surface area contributed by atoms with Crippen molar-refractivity contribution in [2.75, 3.05) is 10.6 Å². The van der Waals surface area contributed by atoms with Gasteiger partial charge in [0.1, 0.15) is 10.9 Å². The van der Waals surface area contributed by atoms with Gasteiger partial charge in [-0.25, -0.2) is 4.98 Å². The Morgan fingerprint density at radius 1 is 0.771 bits per heavy atom. The second-order valence-electron chi connectivity index (χ2n) is 10.3. The average Bonchev–Trinajstić information content (AvgIpc) is 3.81. The van der Waals surface area contributed by atoms with Gasteiger partial charge in [-0.15, -0.1) is 34.4 Å². The quantitative estimate of drug-likeness (QED) is 0.0921. The summed E-state index contributed by atoms with van der Waals surface area (Å²) < 4.78 is 0. The van der Waals surface area contributed by atoms with Crippen LogP contribution >= 0.6 is 46.0 Å². The lowest BCUT2D eigenvalue weighted by Gasteiger charge is -2.17. The normalized spacial score (nSPS) is 11.8. The molecule has 0 fully saturated rings. The summed E-state index contributed by atoms with van der Waals surface area (Å²) in [5.41, 5.74) is 3.59. The molecule has 0 aliphatic rings. The van der Waals surface area contributed by atoms with Crippen LogP contribution in [0.5, 0.6) is 0 Å². The lowest BCUT2D eigenvalue weighted by atomic mass is 10.1. The molecule has 0 aliphatic heterocycles. The molecule has 3 N–H and O–H groups in total. The van der Waals surface area contributed by atoms with E-state index in [0.717, 1.165) is 26.6 Å². The Balaban J connectivity index is 1.15. The Labute approximate surface area is 294 Å². The summed E-state index contributed by atoms with van der Waals surface area (Å²) in [6.45, 7) is 0. The zero-order valence-corrected chi connectivity index (χ0v) is 28.3. The number of carbonyl (C=O) groups excluding carboxylic acids is 3. The molecule has 6 aromatic rings. The van der Waals surface area contributed by atoms with Gasteiger partial charge in [-0.1, -0.05) is 78.3 Å². The number of thioether (sulfide) groups is 1. The Morgan fingerprint density at radius 3 is 2.17 bits per heavy atom. The number of amides is 3. The SMILES string of the molecule is O=C(Nc1ccc(SC(C(=O)Nc2nc(-c3ccc(Cl)cc3)cs2)c2ccccc2)cc1)/C(=C/c1cccs1)NC(=O)c1ccccc1. The van der Waals surface area contributed by atoms with E-state index in [0.29, 0.717) is 21.4 Å². The van der Waals surface area contributed by atoms with Crippen LogP contribution in [0.1, 0.15) is 26.0 Å². The van der Waals surface area contributed by atoms with Crippen molar-refractivity contribution in [2.45, 2.75) is 10.1 Å². The second kappa shape index (κ2) is 15.7. The van der Waals surface area contributed by atoms with Gasteiger partial charge in [-0.3, -0.25) is 14.4 Å². The summed E-state index contributed by atoms with van der Waals surface area (Å²) in [5, 5.41) is 13.0. The number of aromatic nitrogens is 1. The van der Waals surface area contributed by atoms with Gasteiger partial charge in [0.05, 0.1) is 5.69 Å². The third kappa shape index (κ3) is 8.67. The number of halogens is 1. The molecule has 238 valence electrons. The smallest absolute Gasteiger partial charge is 0.272 e. The Morgan fingerprint density at radius 2 is 1.48 bits per heavy atom. The van der Waals surface area contributed by atoms with E-state index in [1.165, 1.54) is 34.4 Å². The molecule has 1 unspecified atom stereocenters. The topological polar surface area (TPSA) is 100 Å². The van der Waals surface area contributed by atoms with E-state index in [2.05, 4.69) is 20.9 Å². The maximum absolute atomic E-state index is 13.6. The third-order valence-corrected chi connectivity index (χ3v) is 10.0. The summed E-state index contributed by atoms with van der Waals surface area (Å²) in [6.07, 6.45) is 1.65. The molecule has 4 aromatic carbocycles. The highest BCUT2D eigenvalue weighted by Crippen LogP contribution is 2.37. The van der Waals surface area contributed by atoms with Crippen molar-refractivity contribution in [1.82, 2.24) is 10.3 Å². The van der Waals surface area contributed by atoms with Crippen LogP contribution in [0, 0.1) is 0 Å². The first-order chi connectivity index (χ1) is 23.4. The number of rotatable bonds is 11. The van der Waals surface area contributed by atoms with E-state index in [4.69, 9.17) is 11.6 Å². The van der Waals surface area contributed by atoms with E-state index in [9.17, 15) is 14.4 Å². The van der Waals surface area contributed by atoms with E-state index in [-0.39, 0.29) is 17.5 Å². The molecular weight excluding hydrogens is 680 g/mol. The molecular formula is C37H27ClN4O3S3. The standard InChI is InChI=1S/C37H27ClN4O3S3/c38-27-15-13-24(14-16-27)32-23-47-37(41-32)42-36(45)33(25-8-3-1-4-9-25)48-29-19-17-28(18-20-29)39-35(44)31(22-30-12-7-21-46-30)40-34(43)26-10-5-2-6-11-26/h1-23,33H,(H,39,44)(H,40,43)(H,41,42,45)/b31-22-. The van der Waals surface area contributed by atoms with Crippen LogP contribution in [-0.4, -0.2) is 22.7 Å². The van der Waals surface area contributed by atoms with Crippen LogP contribution in [0.4, 0.5) is 10.8 Å².